The molecule has 3 nitrogen and oxygen atoms in total. The molecule has 0 aliphatic carbocycles. The third kappa shape index (κ3) is 5.05. The first-order valence-electron chi connectivity index (χ1n) is 6.84. The maximum Gasteiger partial charge on any atom is 0.240 e. The number of hydrogen-bond acceptors (Lipinski definition) is 4. The first kappa shape index (κ1) is 17.4. The predicted molar refractivity (Wildman–Crippen MR) is 95.3 cm³/mol. The highest BCUT2D eigenvalue weighted by Crippen LogP contribution is 2.19. The normalized spacial score (nSPS) is 11.5. The van der Waals surface area contributed by atoms with E-state index in [2.05, 4.69) is 29.0 Å². The zero-order valence-electron chi connectivity index (χ0n) is 12.6. The van der Waals surface area contributed by atoms with E-state index in [-0.39, 0.29) is 0 Å². The van der Waals surface area contributed by atoms with E-state index in [0.717, 1.165) is 9.79 Å². The number of nitrogens with one attached hydrogen (secondary N) is 1. The average molecular weight is 354 g/mol. The lowest BCUT2D eigenvalue weighted by atomic mass is 10.2. The summed E-state index contributed by atoms with van der Waals surface area (Å²) >= 11 is 3.23. The van der Waals surface area contributed by atoms with E-state index >= 15 is 0 Å². The first-order valence-corrected chi connectivity index (χ1v) is 10.5. The van der Waals surface area contributed by atoms with Crippen molar-refractivity contribution in [3.8, 4) is 0 Å². The van der Waals surface area contributed by atoms with Crippen LogP contribution in [-0.4, -0.2) is 27.0 Å². The summed E-state index contributed by atoms with van der Waals surface area (Å²) in [6, 6.07) is 15.1. The van der Waals surface area contributed by atoms with Gasteiger partial charge in [-0.3, -0.25) is 0 Å². The van der Waals surface area contributed by atoms with Gasteiger partial charge in [-0.2, -0.15) is 0 Å². The molecule has 0 aliphatic rings. The summed E-state index contributed by atoms with van der Waals surface area (Å²) in [6.07, 6.45) is 1.96. The fraction of sp³-hybridized carbons (Fsp3) is 0.250. The summed E-state index contributed by atoms with van der Waals surface area (Å²) in [7, 11) is -3.42. The van der Waals surface area contributed by atoms with E-state index in [1.165, 1.54) is 5.56 Å². The maximum absolute atomic E-state index is 12.2. The molecule has 6 heteroatoms. The van der Waals surface area contributed by atoms with Crippen molar-refractivity contribution in [2.45, 2.75) is 21.6 Å². The van der Waals surface area contributed by atoms with Gasteiger partial charge >= 0.3 is 0 Å². The molecule has 0 saturated heterocycles. The molecule has 0 fully saturated rings. The summed E-state index contributed by atoms with van der Waals surface area (Å²) < 4.78 is 27.0. The number of sulfonamides is 1. The van der Waals surface area contributed by atoms with Crippen LogP contribution in [0.15, 0.2) is 63.2 Å². The molecule has 0 aliphatic heterocycles. The Morgan fingerprint density at radius 1 is 0.955 bits per heavy atom. The van der Waals surface area contributed by atoms with Gasteiger partial charge in [-0.1, -0.05) is 17.7 Å². The Morgan fingerprint density at radius 3 is 2.14 bits per heavy atom. The van der Waals surface area contributed by atoms with Crippen LogP contribution in [0.4, 0.5) is 0 Å². The van der Waals surface area contributed by atoms with Crippen LogP contribution in [0.1, 0.15) is 5.56 Å². The van der Waals surface area contributed by atoms with Crippen LogP contribution in [0, 0.1) is 6.92 Å². The molecule has 0 spiro atoms. The molecule has 0 amide bonds. The van der Waals surface area contributed by atoms with Crippen LogP contribution < -0.4 is 4.72 Å². The van der Waals surface area contributed by atoms with Crippen LogP contribution in [0.25, 0.3) is 0 Å². The van der Waals surface area contributed by atoms with E-state index in [9.17, 15) is 8.42 Å². The first-order chi connectivity index (χ1) is 10.5. The summed E-state index contributed by atoms with van der Waals surface area (Å²) in [5, 5.41) is 0. The van der Waals surface area contributed by atoms with Gasteiger partial charge in [-0.05, 0) is 49.6 Å². The molecule has 0 atom stereocenters. The van der Waals surface area contributed by atoms with Crippen molar-refractivity contribution in [2.75, 3.05) is 18.6 Å². The van der Waals surface area contributed by atoms with Crippen molar-refractivity contribution in [2.24, 2.45) is 0 Å². The third-order valence-corrected chi connectivity index (χ3v) is 6.29. The van der Waals surface area contributed by atoms with Gasteiger partial charge in [-0.15, -0.1) is 23.5 Å². The summed E-state index contributed by atoms with van der Waals surface area (Å²) in [4.78, 5) is 2.51. The summed E-state index contributed by atoms with van der Waals surface area (Å²) in [5.74, 6) is 0.700. The quantitative estimate of drug-likeness (QED) is 0.608. The number of rotatable bonds is 7. The van der Waals surface area contributed by atoms with Gasteiger partial charge in [-0.25, -0.2) is 13.1 Å². The van der Waals surface area contributed by atoms with Gasteiger partial charge in [0.25, 0.3) is 0 Å². The highest BCUT2D eigenvalue weighted by atomic mass is 32.2. The highest BCUT2D eigenvalue weighted by molar-refractivity contribution is 7.99. The van der Waals surface area contributed by atoms with E-state index in [4.69, 9.17) is 0 Å². The van der Waals surface area contributed by atoms with Crippen molar-refractivity contribution in [3.05, 3.63) is 54.1 Å². The van der Waals surface area contributed by atoms with E-state index in [1.54, 1.807) is 35.7 Å². The average Bonchev–Trinajstić information content (AvgIpc) is 2.53. The second-order valence-electron chi connectivity index (χ2n) is 4.73. The van der Waals surface area contributed by atoms with Crippen LogP contribution in [0.3, 0.4) is 0 Å². The Balaban J connectivity index is 1.85. The lowest BCUT2D eigenvalue weighted by molar-refractivity contribution is 0.584. The molecular weight excluding hydrogens is 334 g/mol. The lowest BCUT2D eigenvalue weighted by Crippen LogP contribution is -2.25. The van der Waals surface area contributed by atoms with Crippen molar-refractivity contribution >= 4 is 33.5 Å². The summed E-state index contributed by atoms with van der Waals surface area (Å²) in [6.45, 7) is 2.45. The molecular formula is C16H19NO2S3. The van der Waals surface area contributed by atoms with Crippen molar-refractivity contribution in [1.29, 1.82) is 0 Å². The molecule has 2 aromatic carbocycles. The number of benzene rings is 2. The minimum absolute atomic E-state index is 0.311. The van der Waals surface area contributed by atoms with E-state index in [1.807, 2.05) is 25.3 Å². The molecule has 22 heavy (non-hydrogen) atoms. The van der Waals surface area contributed by atoms with Crippen LogP contribution in [-0.2, 0) is 10.0 Å². The Labute approximate surface area is 141 Å². The molecule has 0 saturated carbocycles. The predicted octanol–water partition coefficient (Wildman–Crippen LogP) is 3.79. The third-order valence-electron chi connectivity index (χ3n) is 3.05. The zero-order valence-corrected chi connectivity index (χ0v) is 15.0. The number of hydrogen-bond donors (Lipinski definition) is 1. The molecule has 2 rings (SSSR count). The Hall–Kier alpha value is -0.950. The van der Waals surface area contributed by atoms with Gasteiger partial charge < -0.3 is 0 Å². The fourth-order valence-electron chi connectivity index (χ4n) is 1.82. The standard InChI is InChI=1S/C16H19NO2S3/c1-13-3-5-15(6-4-13)21-12-11-17-22(18,19)16-9-7-14(20-2)8-10-16/h3-10,17H,11-12H2,1-2H3. The lowest BCUT2D eigenvalue weighted by Gasteiger charge is -2.07. The molecule has 0 aromatic heterocycles. The molecule has 0 unspecified atom stereocenters. The zero-order chi connectivity index (χ0) is 16.0. The molecule has 0 bridgehead atoms. The second-order valence-corrected chi connectivity index (χ2v) is 8.55. The number of aryl methyl sites for hydroxylation is 1. The minimum atomic E-state index is -3.42. The highest BCUT2D eigenvalue weighted by Gasteiger charge is 2.12. The fourth-order valence-corrected chi connectivity index (χ4v) is 4.16. The molecule has 2 aromatic rings. The minimum Gasteiger partial charge on any atom is -0.210 e. The molecule has 118 valence electrons. The molecule has 0 heterocycles. The molecule has 1 N–H and O–H groups in total. The van der Waals surface area contributed by atoms with Crippen molar-refractivity contribution in [3.63, 3.8) is 0 Å². The Kier molecular flexibility index (Phi) is 6.37. The largest absolute Gasteiger partial charge is 0.240 e. The van der Waals surface area contributed by atoms with E-state index < -0.39 is 10.0 Å². The molecule has 0 radical (unpaired) electrons. The van der Waals surface area contributed by atoms with Crippen molar-refractivity contribution < 1.29 is 8.42 Å². The smallest absolute Gasteiger partial charge is 0.210 e. The van der Waals surface area contributed by atoms with Crippen LogP contribution >= 0.6 is 23.5 Å². The second kappa shape index (κ2) is 8.06. The van der Waals surface area contributed by atoms with Gasteiger partial charge in [0.05, 0.1) is 4.90 Å². The van der Waals surface area contributed by atoms with Gasteiger partial charge in [0.2, 0.25) is 10.0 Å². The van der Waals surface area contributed by atoms with Gasteiger partial charge in [0.15, 0.2) is 0 Å². The Bertz CT molecular complexity index is 695. The van der Waals surface area contributed by atoms with E-state index in [0.29, 0.717) is 17.2 Å². The van der Waals surface area contributed by atoms with Crippen LogP contribution in [0.2, 0.25) is 0 Å². The maximum atomic E-state index is 12.2. The number of thioether (sulfide) groups is 2. The monoisotopic (exact) mass is 353 g/mol. The van der Waals surface area contributed by atoms with Crippen molar-refractivity contribution in [1.82, 2.24) is 4.72 Å². The van der Waals surface area contributed by atoms with Gasteiger partial charge in [0.1, 0.15) is 0 Å². The van der Waals surface area contributed by atoms with Gasteiger partial charge in [0, 0.05) is 22.1 Å². The topological polar surface area (TPSA) is 46.2 Å². The van der Waals surface area contributed by atoms with Crippen LogP contribution in [0.5, 0.6) is 0 Å². The summed E-state index contributed by atoms with van der Waals surface area (Å²) in [5.41, 5.74) is 1.22. The Morgan fingerprint density at radius 2 is 1.55 bits per heavy atom. The SMILES string of the molecule is CSc1ccc(S(=O)(=O)NCCSc2ccc(C)cc2)cc1.